The molecule has 25 heavy (non-hydrogen) atoms. The molecule has 3 fully saturated rings. The third-order valence-corrected chi connectivity index (χ3v) is 5.65. The van der Waals surface area contributed by atoms with Gasteiger partial charge >= 0.3 is 0 Å². The van der Waals surface area contributed by atoms with E-state index in [-0.39, 0.29) is 6.10 Å². The summed E-state index contributed by atoms with van der Waals surface area (Å²) >= 11 is 0. The van der Waals surface area contributed by atoms with Gasteiger partial charge in [0.05, 0.1) is 25.3 Å². The fourth-order valence-corrected chi connectivity index (χ4v) is 4.01. The van der Waals surface area contributed by atoms with Crippen molar-refractivity contribution >= 4 is 0 Å². The van der Waals surface area contributed by atoms with Gasteiger partial charge in [0.2, 0.25) is 0 Å². The lowest BCUT2D eigenvalue weighted by Gasteiger charge is -2.38. The van der Waals surface area contributed by atoms with E-state index in [4.69, 9.17) is 4.74 Å². The Morgan fingerprint density at radius 1 is 1.08 bits per heavy atom. The predicted molar refractivity (Wildman–Crippen MR) is 95.3 cm³/mol. The first-order valence-corrected chi connectivity index (χ1v) is 9.64. The summed E-state index contributed by atoms with van der Waals surface area (Å²) in [4.78, 5) is 2.53. The van der Waals surface area contributed by atoms with Crippen LogP contribution in [-0.2, 0) is 11.3 Å². The van der Waals surface area contributed by atoms with Gasteiger partial charge in [-0.25, -0.2) is 0 Å². The third kappa shape index (κ3) is 3.11. The molecular weight excluding hydrogens is 312 g/mol. The molecule has 0 spiro atoms. The zero-order valence-electron chi connectivity index (χ0n) is 14.8. The summed E-state index contributed by atoms with van der Waals surface area (Å²) in [5.74, 6) is 3.06. The normalized spacial score (nSPS) is 27.6. The van der Waals surface area contributed by atoms with Gasteiger partial charge in [-0.05, 0) is 38.2 Å². The molecule has 5 rings (SSSR count). The molecule has 1 aromatic heterocycles. The van der Waals surface area contributed by atoms with E-state index in [0.717, 1.165) is 25.5 Å². The van der Waals surface area contributed by atoms with Gasteiger partial charge in [-0.15, -0.1) is 10.2 Å². The van der Waals surface area contributed by atoms with E-state index in [2.05, 4.69) is 56.9 Å². The summed E-state index contributed by atoms with van der Waals surface area (Å²) in [5, 5.41) is 9.19. The largest absolute Gasteiger partial charge is 0.375 e. The average molecular weight is 338 g/mol. The monoisotopic (exact) mass is 338 g/mol. The van der Waals surface area contributed by atoms with Crippen LogP contribution in [0.4, 0.5) is 0 Å². The minimum absolute atomic E-state index is 0.264. The minimum atomic E-state index is 0.264. The number of hydrogen-bond donors (Lipinski definition) is 0. The molecule has 0 radical (unpaired) electrons. The number of hydrogen-bond acceptors (Lipinski definition) is 4. The highest BCUT2D eigenvalue weighted by molar-refractivity contribution is 5.20. The minimum Gasteiger partial charge on any atom is -0.375 e. The SMILES string of the molecule is C[C@@H]1CN(Cc2nnc(C3CC3)n2C2CC2)[C@@H](c2ccccc2)CO1. The van der Waals surface area contributed by atoms with Crippen LogP contribution in [0, 0.1) is 0 Å². The first kappa shape index (κ1) is 15.5. The molecule has 5 nitrogen and oxygen atoms in total. The van der Waals surface area contributed by atoms with Gasteiger partial charge in [-0.1, -0.05) is 30.3 Å². The predicted octanol–water partition coefficient (Wildman–Crippen LogP) is 3.45. The van der Waals surface area contributed by atoms with Crippen LogP contribution >= 0.6 is 0 Å². The zero-order chi connectivity index (χ0) is 16.8. The second kappa shape index (κ2) is 6.22. The van der Waals surface area contributed by atoms with Crippen LogP contribution < -0.4 is 0 Å². The molecule has 1 saturated heterocycles. The van der Waals surface area contributed by atoms with Gasteiger partial charge in [0.1, 0.15) is 11.6 Å². The van der Waals surface area contributed by atoms with Gasteiger partial charge < -0.3 is 9.30 Å². The van der Waals surface area contributed by atoms with Gasteiger partial charge in [0, 0.05) is 18.5 Å². The maximum absolute atomic E-state index is 5.97. The molecule has 2 heterocycles. The standard InChI is InChI=1S/C20H26N4O/c1-14-11-23(18(13-25-14)15-5-3-2-4-6-15)12-19-21-22-20(16-7-8-16)24(19)17-9-10-17/h2-6,14,16-18H,7-13H2,1H3/t14-,18-/m1/s1. The van der Waals surface area contributed by atoms with Crippen LogP contribution in [0.2, 0.25) is 0 Å². The van der Waals surface area contributed by atoms with E-state index in [1.807, 2.05) is 0 Å². The summed E-state index contributed by atoms with van der Waals surface area (Å²) in [5.41, 5.74) is 1.33. The molecule has 2 atom stereocenters. The number of rotatable bonds is 5. The Morgan fingerprint density at radius 2 is 1.88 bits per heavy atom. The van der Waals surface area contributed by atoms with Crippen molar-refractivity contribution < 1.29 is 4.74 Å². The van der Waals surface area contributed by atoms with Crippen molar-refractivity contribution in [1.29, 1.82) is 0 Å². The van der Waals surface area contributed by atoms with Crippen molar-refractivity contribution in [3.8, 4) is 0 Å². The molecule has 1 aromatic carbocycles. The molecule has 0 amide bonds. The van der Waals surface area contributed by atoms with E-state index < -0.39 is 0 Å². The Labute approximate surface area is 149 Å². The number of aromatic nitrogens is 3. The molecule has 2 saturated carbocycles. The molecule has 0 bridgehead atoms. The maximum atomic E-state index is 5.97. The smallest absolute Gasteiger partial charge is 0.147 e. The maximum Gasteiger partial charge on any atom is 0.147 e. The number of morpholine rings is 1. The highest BCUT2D eigenvalue weighted by atomic mass is 16.5. The molecule has 3 aliphatic rings. The van der Waals surface area contributed by atoms with Crippen molar-refractivity contribution in [2.45, 2.75) is 63.3 Å². The lowest BCUT2D eigenvalue weighted by atomic mass is 10.0. The second-order valence-corrected chi connectivity index (χ2v) is 7.85. The Bertz CT molecular complexity index is 735. The number of ether oxygens (including phenoxy) is 1. The van der Waals surface area contributed by atoms with E-state index >= 15 is 0 Å². The van der Waals surface area contributed by atoms with Crippen LogP contribution in [0.1, 0.15) is 67.8 Å². The lowest BCUT2D eigenvalue weighted by Crippen LogP contribution is -2.43. The summed E-state index contributed by atoms with van der Waals surface area (Å²) in [6.45, 7) is 4.72. The summed E-state index contributed by atoms with van der Waals surface area (Å²) in [6.07, 6.45) is 5.40. The van der Waals surface area contributed by atoms with Crippen LogP contribution in [0.15, 0.2) is 30.3 Å². The van der Waals surface area contributed by atoms with Crippen molar-refractivity contribution in [3.63, 3.8) is 0 Å². The Balaban J connectivity index is 1.43. The zero-order valence-corrected chi connectivity index (χ0v) is 14.8. The van der Waals surface area contributed by atoms with Gasteiger partial charge in [0.25, 0.3) is 0 Å². The molecule has 2 aliphatic carbocycles. The van der Waals surface area contributed by atoms with Gasteiger partial charge in [-0.2, -0.15) is 0 Å². The van der Waals surface area contributed by atoms with Crippen LogP contribution in [-0.4, -0.2) is 38.9 Å². The second-order valence-electron chi connectivity index (χ2n) is 7.85. The first-order valence-electron chi connectivity index (χ1n) is 9.64. The highest BCUT2D eigenvalue weighted by Crippen LogP contribution is 2.45. The van der Waals surface area contributed by atoms with Crippen molar-refractivity contribution in [1.82, 2.24) is 19.7 Å². The van der Waals surface area contributed by atoms with E-state index in [1.165, 1.54) is 37.1 Å². The molecule has 132 valence electrons. The fraction of sp³-hybridized carbons (Fsp3) is 0.600. The highest BCUT2D eigenvalue weighted by Gasteiger charge is 2.37. The molecule has 0 N–H and O–H groups in total. The number of benzene rings is 1. The Morgan fingerprint density at radius 3 is 2.60 bits per heavy atom. The van der Waals surface area contributed by atoms with Gasteiger partial charge in [0.15, 0.2) is 0 Å². The van der Waals surface area contributed by atoms with E-state index in [1.54, 1.807) is 0 Å². The van der Waals surface area contributed by atoms with Crippen LogP contribution in [0.3, 0.4) is 0 Å². The van der Waals surface area contributed by atoms with E-state index in [9.17, 15) is 0 Å². The summed E-state index contributed by atoms with van der Waals surface area (Å²) in [6, 6.07) is 11.7. The van der Waals surface area contributed by atoms with Crippen LogP contribution in [0.25, 0.3) is 0 Å². The van der Waals surface area contributed by atoms with E-state index in [0.29, 0.717) is 18.0 Å². The third-order valence-electron chi connectivity index (χ3n) is 5.65. The molecule has 2 aromatic rings. The summed E-state index contributed by atoms with van der Waals surface area (Å²) < 4.78 is 8.44. The Kier molecular flexibility index (Phi) is 3.86. The topological polar surface area (TPSA) is 43.2 Å². The van der Waals surface area contributed by atoms with Crippen molar-refractivity contribution in [2.24, 2.45) is 0 Å². The molecular formula is C20H26N4O. The fourth-order valence-electron chi connectivity index (χ4n) is 4.01. The lowest BCUT2D eigenvalue weighted by molar-refractivity contribution is -0.0609. The molecule has 0 unspecified atom stereocenters. The molecule has 5 heteroatoms. The summed E-state index contributed by atoms with van der Waals surface area (Å²) in [7, 11) is 0. The first-order chi connectivity index (χ1) is 12.3. The van der Waals surface area contributed by atoms with Crippen molar-refractivity contribution in [2.75, 3.05) is 13.2 Å². The average Bonchev–Trinajstić information content (AvgIpc) is 3.55. The van der Waals surface area contributed by atoms with Crippen molar-refractivity contribution in [3.05, 3.63) is 47.5 Å². The number of nitrogens with zero attached hydrogens (tertiary/aromatic N) is 4. The molecule has 1 aliphatic heterocycles. The quantitative estimate of drug-likeness (QED) is 0.837. The van der Waals surface area contributed by atoms with Crippen LogP contribution in [0.5, 0.6) is 0 Å². The Hall–Kier alpha value is -1.72. The van der Waals surface area contributed by atoms with Gasteiger partial charge in [-0.3, -0.25) is 4.90 Å².